The van der Waals surface area contributed by atoms with E-state index in [1.165, 1.54) is 0 Å². The molecule has 1 saturated heterocycles. The minimum atomic E-state index is -0.347. The SMILES string of the molecule is CC1(C)OB(c2ccc3cc(Cl)ncc3c2)OC1(C)C. The van der Waals surface area contributed by atoms with Gasteiger partial charge in [0.1, 0.15) is 5.15 Å². The summed E-state index contributed by atoms with van der Waals surface area (Å²) in [5.41, 5.74) is 0.343. The molecule has 5 heteroatoms. The van der Waals surface area contributed by atoms with Gasteiger partial charge in [0.15, 0.2) is 0 Å². The van der Waals surface area contributed by atoms with Crippen LogP contribution in [0.25, 0.3) is 10.8 Å². The van der Waals surface area contributed by atoms with E-state index in [9.17, 15) is 0 Å². The van der Waals surface area contributed by atoms with Gasteiger partial charge in [-0.3, -0.25) is 0 Å². The first-order valence-electron chi connectivity index (χ1n) is 6.69. The molecule has 0 atom stereocenters. The topological polar surface area (TPSA) is 31.4 Å². The number of benzene rings is 1. The molecular formula is C15H17BClNO2. The van der Waals surface area contributed by atoms with Crippen LogP contribution in [0.4, 0.5) is 0 Å². The van der Waals surface area contributed by atoms with Crippen LogP contribution in [0.2, 0.25) is 5.15 Å². The number of hydrogen-bond acceptors (Lipinski definition) is 3. The Hall–Kier alpha value is -1.10. The van der Waals surface area contributed by atoms with Gasteiger partial charge in [-0.15, -0.1) is 0 Å². The number of aromatic nitrogens is 1. The molecule has 0 bridgehead atoms. The average molecular weight is 290 g/mol. The van der Waals surface area contributed by atoms with E-state index in [0.717, 1.165) is 16.2 Å². The van der Waals surface area contributed by atoms with Crippen molar-refractivity contribution < 1.29 is 9.31 Å². The smallest absolute Gasteiger partial charge is 0.399 e. The largest absolute Gasteiger partial charge is 0.494 e. The molecule has 2 heterocycles. The highest BCUT2D eigenvalue weighted by molar-refractivity contribution is 6.62. The summed E-state index contributed by atoms with van der Waals surface area (Å²) >= 11 is 5.90. The Kier molecular flexibility index (Phi) is 3.09. The molecule has 20 heavy (non-hydrogen) atoms. The molecule has 1 fully saturated rings. The molecular weight excluding hydrogens is 272 g/mol. The maximum Gasteiger partial charge on any atom is 0.494 e. The van der Waals surface area contributed by atoms with Gasteiger partial charge in [-0.05, 0) is 50.0 Å². The number of nitrogens with zero attached hydrogens (tertiary/aromatic N) is 1. The molecule has 0 N–H and O–H groups in total. The van der Waals surface area contributed by atoms with Crippen molar-refractivity contribution in [1.29, 1.82) is 0 Å². The van der Waals surface area contributed by atoms with Crippen molar-refractivity contribution in [3.63, 3.8) is 0 Å². The lowest BCUT2D eigenvalue weighted by atomic mass is 9.78. The van der Waals surface area contributed by atoms with Crippen LogP contribution in [-0.2, 0) is 9.31 Å². The van der Waals surface area contributed by atoms with Crippen LogP contribution in [0.1, 0.15) is 27.7 Å². The number of fused-ring (bicyclic) bond motifs is 1. The Morgan fingerprint density at radius 1 is 1.00 bits per heavy atom. The van der Waals surface area contributed by atoms with Crippen LogP contribution in [0.5, 0.6) is 0 Å². The molecule has 3 nitrogen and oxygen atoms in total. The highest BCUT2D eigenvalue weighted by Gasteiger charge is 2.51. The molecule has 0 spiro atoms. The molecule has 0 unspecified atom stereocenters. The molecule has 1 aliphatic heterocycles. The highest BCUT2D eigenvalue weighted by Crippen LogP contribution is 2.36. The second-order valence-electron chi connectivity index (χ2n) is 6.20. The highest BCUT2D eigenvalue weighted by atomic mass is 35.5. The minimum absolute atomic E-state index is 0.329. The van der Waals surface area contributed by atoms with Gasteiger partial charge in [-0.25, -0.2) is 4.98 Å². The lowest BCUT2D eigenvalue weighted by Crippen LogP contribution is -2.41. The molecule has 0 aliphatic carbocycles. The molecule has 1 aromatic carbocycles. The Morgan fingerprint density at radius 2 is 1.65 bits per heavy atom. The van der Waals surface area contributed by atoms with E-state index in [-0.39, 0.29) is 18.3 Å². The van der Waals surface area contributed by atoms with E-state index < -0.39 is 0 Å². The van der Waals surface area contributed by atoms with Gasteiger partial charge in [-0.1, -0.05) is 29.8 Å². The van der Waals surface area contributed by atoms with Crippen LogP contribution in [0, 0.1) is 0 Å². The van der Waals surface area contributed by atoms with Crippen LogP contribution < -0.4 is 5.46 Å². The van der Waals surface area contributed by atoms with E-state index in [1.54, 1.807) is 6.20 Å². The van der Waals surface area contributed by atoms with Gasteiger partial charge in [0, 0.05) is 6.20 Å². The summed E-state index contributed by atoms with van der Waals surface area (Å²) in [6.07, 6.45) is 1.77. The van der Waals surface area contributed by atoms with E-state index in [0.29, 0.717) is 5.15 Å². The zero-order valence-electron chi connectivity index (χ0n) is 12.1. The summed E-state index contributed by atoms with van der Waals surface area (Å²) in [6, 6.07) is 7.93. The third-order valence-corrected chi connectivity index (χ3v) is 4.44. The van der Waals surface area contributed by atoms with Crippen molar-refractivity contribution in [3.05, 3.63) is 35.6 Å². The summed E-state index contributed by atoms with van der Waals surface area (Å²) in [5.74, 6) is 0. The van der Waals surface area contributed by atoms with Crippen LogP contribution in [-0.4, -0.2) is 23.3 Å². The number of rotatable bonds is 1. The van der Waals surface area contributed by atoms with Crippen molar-refractivity contribution in [2.75, 3.05) is 0 Å². The zero-order valence-corrected chi connectivity index (χ0v) is 12.9. The lowest BCUT2D eigenvalue weighted by Gasteiger charge is -2.32. The minimum Gasteiger partial charge on any atom is -0.399 e. The Bertz CT molecular complexity index is 656. The molecule has 2 aromatic rings. The van der Waals surface area contributed by atoms with Gasteiger partial charge in [0.2, 0.25) is 0 Å². The van der Waals surface area contributed by atoms with Gasteiger partial charge < -0.3 is 9.31 Å². The first kappa shape index (κ1) is 13.9. The summed E-state index contributed by atoms with van der Waals surface area (Å²) in [7, 11) is -0.347. The molecule has 0 saturated carbocycles. The van der Waals surface area contributed by atoms with Gasteiger partial charge in [0.25, 0.3) is 0 Å². The van der Waals surface area contributed by atoms with Gasteiger partial charge in [-0.2, -0.15) is 0 Å². The van der Waals surface area contributed by atoms with E-state index in [4.69, 9.17) is 20.9 Å². The van der Waals surface area contributed by atoms with Crippen molar-refractivity contribution in [2.24, 2.45) is 0 Å². The lowest BCUT2D eigenvalue weighted by molar-refractivity contribution is 0.00578. The van der Waals surface area contributed by atoms with Crippen molar-refractivity contribution >= 4 is 35.0 Å². The Labute approximate surface area is 124 Å². The van der Waals surface area contributed by atoms with E-state index >= 15 is 0 Å². The fourth-order valence-electron chi connectivity index (χ4n) is 2.26. The molecule has 0 amide bonds. The normalized spacial score (nSPS) is 20.6. The average Bonchev–Trinajstić information content (AvgIpc) is 2.58. The number of hydrogen-bond donors (Lipinski definition) is 0. The fraction of sp³-hybridized carbons (Fsp3) is 0.400. The third-order valence-electron chi connectivity index (χ3n) is 4.24. The fourth-order valence-corrected chi connectivity index (χ4v) is 2.43. The summed E-state index contributed by atoms with van der Waals surface area (Å²) in [5, 5.41) is 2.59. The van der Waals surface area contributed by atoms with Crippen LogP contribution >= 0.6 is 11.6 Å². The zero-order chi connectivity index (χ0) is 14.5. The summed E-state index contributed by atoms with van der Waals surface area (Å²) < 4.78 is 12.1. The van der Waals surface area contributed by atoms with E-state index in [2.05, 4.69) is 32.7 Å². The molecule has 1 aromatic heterocycles. The molecule has 3 rings (SSSR count). The standard InChI is InChI=1S/C15H17BClNO2/c1-14(2)15(3,4)20-16(19-14)12-6-5-10-8-13(17)18-9-11(10)7-12/h5-9H,1-4H3. The van der Waals surface area contributed by atoms with Crippen molar-refractivity contribution in [2.45, 2.75) is 38.9 Å². The van der Waals surface area contributed by atoms with Crippen LogP contribution in [0.15, 0.2) is 30.5 Å². The van der Waals surface area contributed by atoms with Gasteiger partial charge in [0.05, 0.1) is 11.2 Å². The van der Waals surface area contributed by atoms with Crippen LogP contribution in [0.3, 0.4) is 0 Å². The van der Waals surface area contributed by atoms with Crippen molar-refractivity contribution in [3.8, 4) is 0 Å². The first-order valence-corrected chi connectivity index (χ1v) is 7.07. The number of halogens is 1. The maximum atomic E-state index is 6.05. The first-order chi connectivity index (χ1) is 9.28. The Morgan fingerprint density at radius 3 is 2.30 bits per heavy atom. The molecule has 104 valence electrons. The van der Waals surface area contributed by atoms with E-state index in [1.807, 2.05) is 24.3 Å². The second-order valence-corrected chi connectivity index (χ2v) is 6.59. The quantitative estimate of drug-likeness (QED) is 0.597. The second kappa shape index (κ2) is 4.45. The van der Waals surface area contributed by atoms with Gasteiger partial charge >= 0.3 is 7.12 Å². The molecule has 1 aliphatic rings. The molecule has 0 radical (unpaired) electrons. The summed E-state index contributed by atoms with van der Waals surface area (Å²) in [4.78, 5) is 4.12. The maximum absolute atomic E-state index is 6.05. The monoisotopic (exact) mass is 289 g/mol. The third kappa shape index (κ3) is 2.22. The van der Waals surface area contributed by atoms with Crippen molar-refractivity contribution in [1.82, 2.24) is 4.98 Å². The predicted octanol–water partition coefficient (Wildman–Crippen LogP) is 3.19. The number of pyridine rings is 1. The summed E-state index contributed by atoms with van der Waals surface area (Å²) in [6.45, 7) is 8.20. The Balaban J connectivity index is 1.98. The predicted molar refractivity (Wildman–Crippen MR) is 82.5 cm³/mol.